The van der Waals surface area contributed by atoms with Crippen LogP contribution in [0.3, 0.4) is 0 Å². The Kier molecular flexibility index (Phi) is 3.25. The molecular weight excluding hydrogens is 239 g/mol. The first-order chi connectivity index (χ1) is 8.00. The molecule has 0 spiro atoms. The van der Waals surface area contributed by atoms with Gasteiger partial charge in [-0.05, 0) is 44.0 Å². The second-order valence-corrected chi connectivity index (χ2v) is 4.60. The highest BCUT2D eigenvalue weighted by atomic mass is 35.5. The Balaban J connectivity index is 2.43. The summed E-state index contributed by atoms with van der Waals surface area (Å²) in [4.78, 5) is 0. The van der Waals surface area contributed by atoms with Gasteiger partial charge in [-0.15, -0.1) is 11.6 Å². The van der Waals surface area contributed by atoms with Gasteiger partial charge in [0.15, 0.2) is 0 Å². The highest BCUT2D eigenvalue weighted by molar-refractivity contribution is 6.22. The monoisotopic (exact) mass is 252 g/mol. The SMILES string of the molecule is Cc1oc(C)c(C(Cl)c2ccc(F)cc2)c1C. The van der Waals surface area contributed by atoms with E-state index in [4.69, 9.17) is 16.0 Å². The summed E-state index contributed by atoms with van der Waals surface area (Å²) in [7, 11) is 0. The van der Waals surface area contributed by atoms with Gasteiger partial charge in [0.25, 0.3) is 0 Å². The molecule has 0 bridgehead atoms. The second kappa shape index (κ2) is 4.53. The molecule has 0 amide bonds. The standard InChI is InChI=1S/C14H14ClFO/c1-8-9(2)17-10(3)13(8)14(15)11-4-6-12(16)7-5-11/h4-7,14H,1-3H3. The van der Waals surface area contributed by atoms with E-state index in [1.807, 2.05) is 20.8 Å². The highest BCUT2D eigenvalue weighted by Crippen LogP contribution is 2.35. The summed E-state index contributed by atoms with van der Waals surface area (Å²) in [6, 6.07) is 6.24. The van der Waals surface area contributed by atoms with Crippen LogP contribution in [0.25, 0.3) is 0 Å². The van der Waals surface area contributed by atoms with E-state index in [1.165, 1.54) is 12.1 Å². The highest BCUT2D eigenvalue weighted by Gasteiger charge is 2.20. The van der Waals surface area contributed by atoms with E-state index >= 15 is 0 Å². The number of hydrogen-bond acceptors (Lipinski definition) is 1. The maximum atomic E-state index is 12.9. The number of benzene rings is 1. The average molecular weight is 253 g/mol. The molecule has 0 aliphatic carbocycles. The molecule has 2 rings (SSSR count). The van der Waals surface area contributed by atoms with Crippen molar-refractivity contribution in [2.75, 3.05) is 0 Å². The Labute approximate surface area is 105 Å². The van der Waals surface area contributed by atoms with Crippen molar-refractivity contribution >= 4 is 11.6 Å². The third-order valence-corrected chi connectivity index (χ3v) is 3.50. The third-order valence-electron chi connectivity index (χ3n) is 3.03. The van der Waals surface area contributed by atoms with Crippen LogP contribution in [-0.4, -0.2) is 0 Å². The molecular formula is C14H14ClFO. The summed E-state index contributed by atoms with van der Waals surface area (Å²) in [6.07, 6.45) is 0. The summed E-state index contributed by atoms with van der Waals surface area (Å²) in [6.45, 7) is 5.80. The number of rotatable bonds is 2. The van der Waals surface area contributed by atoms with Crippen molar-refractivity contribution in [2.24, 2.45) is 0 Å². The van der Waals surface area contributed by atoms with Crippen molar-refractivity contribution in [3.8, 4) is 0 Å². The molecule has 2 aromatic rings. The lowest BCUT2D eigenvalue weighted by atomic mass is 10.0. The van der Waals surface area contributed by atoms with Gasteiger partial charge in [0.05, 0.1) is 5.38 Å². The minimum atomic E-state index is -0.298. The molecule has 1 heterocycles. The van der Waals surface area contributed by atoms with Gasteiger partial charge in [-0.3, -0.25) is 0 Å². The number of halogens is 2. The van der Waals surface area contributed by atoms with Crippen LogP contribution >= 0.6 is 11.6 Å². The van der Waals surface area contributed by atoms with Crippen molar-refractivity contribution in [1.29, 1.82) is 0 Å². The average Bonchev–Trinajstić information content (AvgIpc) is 2.53. The molecule has 1 atom stereocenters. The summed E-state index contributed by atoms with van der Waals surface area (Å²) in [5.41, 5.74) is 2.92. The predicted molar refractivity (Wildman–Crippen MR) is 67.0 cm³/mol. The van der Waals surface area contributed by atoms with Gasteiger partial charge in [0.2, 0.25) is 0 Å². The first-order valence-corrected chi connectivity index (χ1v) is 5.90. The van der Waals surface area contributed by atoms with E-state index in [0.717, 1.165) is 28.2 Å². The smallest absolute Gasteiger partial charge is 0.123 e. The Morgan fingerprint density at radius 3 is 2.12 bits per heavy atom. The zero-order valence-corrected chi connectivity index (χ0v) is 10.8. The third kappa shape index (κ3) is 2.22. The molecule has 1 unspecified atom stereocenters. The van der Waals surface area contributed by atoms with Crippen molar-refractivity contribution in [2.45, 2.75) is 26.1 Å². The van der Waals surface area contributed by atoms with Crippen LogP contribution in [0, 0.1) is 26.6 Å². The van der Waals surface area contributed by atoms with E-state index in [2.05, 4.69) is 0 Å². The molecule has 0 saturated carbocycles. The Morgan fingerprint density at radius 2 is 1.65 bits per heavy atom. The van der Waals surface area contributed by atoms with Gasteiger partial charge in [-0.25, -0.2) is 4.39 Å². The molecule has 1 aromatic carbocycles. The van der Waals surface area contributed by atoms with E-state index in [0.29, 0.717) is 0 Å². The number of hydrogen-bond donors (Lipinski definition) is 0. The fraction of sp³-hybridized carbons (Fsp3) is 0.286. The number of furan rings is 1. The van der Waals surface area contributed by atoms with Crippen molar-refractivity contribution in [3.63, 3.8) is 0 Å². The molecule has 3 heteroatoms. The molecule has 0 N–H and O–H groups in total. The van der Waals surface area contributed by atoms with Crippen LogP contribution in [0.1, 0.15) is 33.6 Å². The van der Waals surface area contributed by atoms with Gasteiger partial charge < -0.3 is 4.42 Å². The van der Waals surface area contributed by atoms with Crippen LogP contribution in [-0.2, 0) is 0 Å². The van der Waals surface area contributed by atoms with Gasteiger partial charge in [0.1, 0.15) is 17.3 Å². The van der Waals surface area contributed by atoms with Gasteiger partial charge in [0, 0.05) is 5.56 Å². The molecule has 0 saturated heterocycles. The lowest BCUT2D eigenvalue weighted by Gasteiger charge is -2.10. The fourth-order valence-corrected chi connectivity index (χ4v) is 2.44. The Bertz CT molecular complexity index is 528. The number of alkyl halides is 1. The Hall–Kier alpha value is -1.28. The van der Waals surface area contributed by atoms with Crippen LogP contribution in [0.15, 0.2) is 28.7 Å². The van der Waals surface area contributed by atoms with Crippen molar-refractivity contribution in [3.05, 3.63) is 58.3 Å². The van der Waals surface area contributed by atoms with Gasteiger partial charge in [-0.2, -0.15) is 0 Å². The first-order valence-electron chi connectivity index (χ1n) is 5.46. The molecule has 0 aliphatic heterocycles. The van der Waals surface area contributed by atoms with E-state index in [1.54, 1.807) is 12.1 Å². The minimum absolute atomic E-state index is 0.255. The zero-order chi connectivity index (χ0) is 12.6. The van der Waals surface area contributed by atoms with E-state index < -0.39 is 0 Å². The molecule has 1 aromatic heterocycles. The molecule has 17 heavy (non-hydrogen) atoms. The molecule has 90 valence electrons. The van der Waals surface area contributed by atoms with Crippen molar-refractivity contribution < 1.29 is 8.81 Å². The summed E-state index contributed by atoms with van der Waals surface area (Å²) in [5, 5.41) is -0.298. The maximum Gasteiger partial charge on any atom is 0.123 e. The molecule has 0 fully saturated rings. The van der Waals surface area contributed by atoms with Gasteiger partial charge >= 0.3 is 0 Å². The van der Waals surface area contributed by atoms with E-state index in [9.17, 15) is 4.39 Å². The van der Waals surface area contributed by atoms with Crippen LogP contribution in [0.5, 0.6) is 0 Å². The lowest BCUT2D eigenvalue weighted by Crippen LogP contribution is -1.96. The molecule has 0 aliphatic rings. The van der Waals surface area contributed by atoms with E-state index in [-0.39, 0.29) is 11.2 Å². The normalized spacial score (nSPS) is 12.8. The predicted octanol–water partition coefficient (Wildman–Crippen LogP) is 4.67. The van der Waals surface area contributed by atoms with Crippen LogP contribution < -0.4 is 0 Å². The topological polar surface area (TPSA) is 13.1 Å². The minimum Gasteiger partial charge on any atom is -0.466 e. The zero-order valence-electron chi connectivity index (χ0n) is 10.1. The maximum absolute atomic E-state index is 12.9. The lowest BCUT2D eigenvalue weighted by molar-refractivity contribution is 0.500. The summed E-state index contributed by atoms with van der Waals surface area (Å²) >= 11 is 6.43. The largest absolute Gasteiger partial charge is 0.466 e. The first kappa shape index (κ1) is 12.2. The van der Waals surface area contributed by atoms with Gasteiger partial charge in [-0.1, -0.05) is 12.1 Å². The molecule has 1 nitrogen and oxygen atoms in total. The van der Waals surface area contributed by atoms with Crippen LogP contribution in [0.4, 0.5) is 4.39 Å². The van der Waals surface area contributed by atoms with Crippen LogP contribution in [0.2, 0.25) is 0 Å². The molecule has 0 radical (unpaired) electrons. The van der Waals surface area contributed by atoms with Crippen molar-refractivity contribution in [1.82, 2.24) is 0 Å². The summed E-state index contributed by atoms with van der Waals surface area (Å²) in [5.74, 6) is 1.45. The number of aryl methyl sites for hydroxylation is 2. The quantitative estimate of drug-likeness (QED) is 0.708. The summed E-state index contributed by atoms with van der Waals surface area (Å²) < 4.78 is 18.4. The Morgan fingerprint density at radius 1 is 1.06 bits per heavy atom. The second-order valence-electron chi connectivity index (χ2n) is 4.17. The fourth-order valence-electron chi connectivity index (χ4n) is 1.98.